The van der Waals surface area contributed by atoms with Gasteiger partial charge in [-0.1, -0.05) is 19.6 Å². The maximum Gasteiger partial charge on any atom is 0.407 e. The van der Waals surface area contributed by atoms with E-state index in [2.05, 4.69) is 24.1 Å². The molecule has 1 aliphatic heterocycles. The smallest absolute Gasteiger partial charge is 0.407 e. The third-order valence-corrected chi connectivity index (χ3v) is 3.57. The molecule has 1 aliphatic rings. The van der Waals surface area contributed by atoms with Gasteiger partial charge in [-0.3, -0.25) is 0 Å². The number of alkyl carbamates (subject to hydrolysis) is 1. The summed E-state index contributed by atoms with van der Waals surface area (Å²) in [6.07, 6.45) is 1.65. The highest BCUT2D eigenvalue weighted by Gasteiger charge is 2.35. The Hall–Kier alpha value is -1.11. The SMILES string of the molecule is C=CCOC(=O)NCC1C[C@H](CNC)C(C)[C@@H](OC)O1. The molecule has 6 nitrogen and oxygen atoms in total. The fourth-order valence-electron chi connectivity index (χ4n) is 2.46. The largest absolute Gasteiger partial charge is 0.445 e. The molecule has 0 aromatic rings. The maximum atomic E-state index is 11.4. The standard InChI is InChI=1S/C14H26N2O4/c1-5-6-19-14(17)16-9-12-7-11(8-15-3)10(2)13(18-4)20-12/h5,10-13,15H,1,6-9H2,2-4H3,(H,16,17)/t10?,11-,12?,13+/m1/s1. The first-order valence-corrected chi connectivity index (χ1v) is 6.96. The Balaban J connectivity index is 2.44. The lowest BCUT2D eigenvalue weighted by molar-refractivity contribution is -0.219. The van der Waals surface area contributed by atoms with Crippen LogP contribution in [0.1, 0.15) is 13.3 Å². The molecule has 20 heavy (non-hydrogen) atoms. The first kappa shape index (κ1) is 16.9. The number of carbonyl (C=O) groups is 1. The van der Waals surface area contributed by atoms with Gasteiger partial charge >= 0.3 is 6.09 Å². The topological polar surface area (TPSA) is 68.8 Å². The van der Waals surface area contributed by atoms with E-state index in [0.717, 1.165) is 13.0 Å². The summed E-state index contributed by atoms with van der Waals surface area (Å²) in [6, 6.07) is 0. The number of nitrogens with one attached hydrogen (secondary N) is 2. The van der Waals surface area contributed by atoms with E-state index in [0.29, 0.717) is 18.4 Å². The van der Waals surface area contributed by atoms with E-state index in [4.69, 9.17) is 14.2 Å². The van der Waals surface area contributed by atoms with E-state index in [1.165, 1.54) is 6.08 Å². The summed E-state index contributed by atoms with van der Waals surface area (Å²) in [4.78, 5) is 11.4. The second-order valence-electron chi connectivity index (χ2n) is 5.04. The van der Waals surface area contributed by atoms with Crippen LogP contribution in [0.4, 0.5) is 4.79 Å². The molecule has 1 rings (SSSR count). The van der Waals surface area contributed by atoms with Crippen LogP contribution in [-0.4, -0.2) is 52.3 Å². The van der Waals surface area contributed by atoms with E-state index >= 15 is 0 Å². The van der Waals surface area contributed by atoms with Crippen LogP contribution >= 0.6 is 0 Å². The normalized spacial score (nSPS) is 29.8. The molecule has 0 spiro atoms. The van der Waals surface area contributed by atoms with Gasteiger partial charge in [0, 0.05) is 19.6 Å². The Labute approximate surface area is 120 Å². The Morgan fingerprint density at radius 2 is 2.25 bits per heavy atom. The average Bonchev–Trinajstić information content (AvgIpc) is 2.45. The number of ether oxygens (including phenoxy) is 3. The predicted molar refractivity (Wildman–Crippen MR) is 76.4 cm³/mol. The summed E-state index contributed by atoms with van der Waals surface area (Å²) in [5, 5.41) is 5.89. The molecule has 0 bridgehead atoms. The maximum absolute atomic E-state index is 11.4. The minimum atomic E-state index is -0.453. The molecular weight excluding hydrogens is 260 g/mol. The number of hydrogen-bond acceptors (Lipinski definition) is 5. The van der Waals surface area contributed by atoms with Gasteiger partial charge in [-0.2, -0.15) is 0 Å². The van der Waals surface area contributed by atoms with Gasteiger partial charge in [0.15, 0.2) is 6.29 Å². The molecule has 2 N–H and O–H groups in total. The molecule has 0 aliphatic carbocycles. The van der Waals surface area contributed by atoms with Crippen molar-refractivity contribution < 1.29 is 19.0 Å². The first-order chi connectivity index (χ1) is 9.62. The lowest BCUT2D eigenvalue weighted by Crippen LogP contribution is -2.47. The molecule has 1 amide bonds. The van der Waals surface area contributed by atoms with Crippen LogP contribution < -0.4 is 10.6 Å². The van der Waals surface area contributed by atoms with Gasteiger partial charge in [0.2, 0.25) is 0 Å². The van der Waals surface area contributed by atoms with Crippen molar-refractivity contribution in [3.8, 4) is 0 Å². The molecule has 1 saturated heterocycles. The summed E-state index contributed by atoms with van der Waals surface area (Å²) in [5.74, 6) is 0.770. The Morgan fingerprint density at radius 3 is 2.85 bits per heavy atom. The zero-order valence-electron chi connectivity index (χ0n) is 12.6. The number of methoxy groups -OCH3 is 1. The molecule has 1 heterocycles. The molecule has 2 unspecified atom stereocenters. The van der Waals surface area contributed by atoms with Crippen molar-refractivity contribution in [3.05, 3.63) is 12.7 Å². The first-order valence-electron chi connectivity index (χ1n) is 6.96. The van der Waals surface area contributed by atoms with Crippen molar-refractivity contribution in [3.63, 3.8) is 0 Å². The van der Waals surface area contributed by atoms with E-state index in [1.807, 2.05) is 7.05 Å². The molecule has 1 fully saturated rings. The van der Waals surface area contributed by atoms with Gasteiger partial charge in [0.1, 0.15) is 6.61 Å². The summed E-state index contributed by atoms with van der Waals surface area (Å²) in [5.41, 5.74) is 0. The zero-order valence-corrected chi connectivity index (χ0v) is 12.6. The lowest BCUT2D eigenvalue weighted by atomic mass is 9.85. The fraction of sp³-hybridized carbons (Fsp3) is 0.786. The summed E-state index contributed by atoms with van der Waals surface area (Å²) >= 11 is 0. The Bertz CT molecular complexity index is 312. The minimum absolute atomic E-state index is 0.0641. The third-order valence-electron chi connectivity index (χ3n) is 3.57. The highest BCUT2D eigenvalue weighted by molar-refractivity contribution is 5.67. The highest BCUT2D eigenvalue weighted by atomic mass is 16.7. The van der Waals surface area contributed by atoms with Crippen LogP contribution in [-0.2, 0) is 14.2 Å². The summed E-state index contributed by atoms with van der Waals surface area (Å²) < 4.78 is 16.1. The second-order valence-corrected chi connectivity index (χ2v) is 5.04. The van der Waals surface area contributed by atoms with Gasteiger partial charge in [-0.15, -0.1) is 0 Å². The second kappa shape index (κ2) is 8.94. The zero-order chi connectivity index (χ0) is 15.0. The van der Waals surface area contributed by atoms with Gasteiger partial charge < -0.3 is 24.8 Å². The van der Waals surface area contributed by atoms with E-state index in [-0.39, 0.29) is 19.0 Å². The molecule has 6 heteroatoms. The molecule has 116 valence electrons. The van der Waals surface area contributed by atoms with E-state index in [1.54, 1.807) is 7.11 Å². The molecule has 0 aromatic heterocycles. The molecule has 0 saturated carbocycles. The van der Waals surface area contributed by atoms with Crippen molar-refractivity contribution in [2.45, 2.75) is 25.7 Å². The molecule has 4 atom stereocenters. The summed E-state index contributed by atoms with van der Waals surface area (Å²) in [7, 11) is 3.58. The van der Waals surface area contributed by atoms with Crippen LogP contribution in [0.3, 0.4) is 0 Å². The molecule has 0 aromatic carbocycles. The number of hydrogen-bond donors (Lipinski definition) is 2. The number of amides is 1. The van der Waals surface area contributed by atoms with Crippen molar-refractivity contribution in [1.82, 2.24) is 10.6 Å². The van der Waals surface area contributed by atoms with Crippen molar-refractivity contribution in [2.75, 3.05) is 33.9 Å². The van der Waals surface area contributed by atoms with Gasteiger partial charge in [-0.05, 0) is 25.9 Å². The third kappa shape index (κ3) is 5.11. The summed E-state index contributed by atoms with van der Waals surface area (Å²) in [6.45, 7) is 7.14. The average molecular weight is 286 g/mol. The van der Waals surface area contributed by atoms with Crippen LogP contribution in [0.15, 0.2) is 12.7 Å². The minimum Gasteiger partial charge on any atom is -0.445 e. The van der Waals surface area contributed by atoms with Gasteiger partial charge in [0.25, 0.3) is 0 Å². The van der Waals surface area contributed by atoms with Gasteiger partial charge in [-0.25, -0.2) is 4.79 Å². The van der Waals surface area contributed by atoms with Crippen LogP contribution in [0.5, 0.6) is 0 Å². The van der Waals surface area contributed by atoms with Crippen molar-refractivity contribution in [2.24, 2.45) is 11.8 Å². The molecule has 0 radical (unpaired) electrons. The predicted octanol–water partition coefficient (Wildman–Crippen LogP) is 1.13. The van der Waals surface area contributed by atoms with Crippen LogP contribution in [0.25, 0.3) is 0 Å². The van der Waals surface area contributed by atoms with Crippen molar-refractivity contribution >= 4 is 6.09 Å². The molecular formula is C14H26N2O4. The number of rotatable bonds is 7. The quantitative estimate of drug-likeness (QED) is 0.687. The van der Waals surface area contributed by atoms with E-state index < -0.39 is 6.09 Å². The number of carbonyl (C=O) groups excluding carboxylic acids is 1. The van der Waals surface area contributed by atoms with Gasteiger partial charge in [0.05, 0.1) is 6.10 Å². The van der Waals surface area contributed by atoms with Crippen LogP contribution in [0.2, 0.25) is 0 Å². The monoisotopic (exact) mass is 286 g/mol. The van der Waals surface area contributed by atoms with Crippen molar-refractivity contribution in [1.29, 1.82) is 0 Å². The lowest BCUT2D eigenvalue weighted by Gasteiger charge is -2.39. The van der Waals surface area contributed by atoms with Crippen LogP contribution in [0, 0.1) is 11.8 Å². The fourth-order valence-corrected chi connectivity index (χ4v) is 2.46. The highest BCUT2D eigenvalue weighted by Crippen LogP contribution is 2.30. The Kier molecular flexibility index (Phi) is 7.58. The Morgan fingerprint density at radius 1 is 1.50 bits per heavy atom. The van der Waals surface area contributed by atoms with E-state index in [9.17, 15) is 4.79 Å².